The van der Waals surface area contributed by atoms with Crippen molar-refractivity contribution in [3.05, 3.63) is 59.6 Å². The van der Waals surface area contributed by atoms with E-state index in [1.807, 2.05) is 37.3 Å². The van der Waals surface area contributed by atoms with Crippen LogP contribution in [-0.4, -0.2) is 26.4 Å². The van der Waals surface area contributed by atoms with E-state index in [2.05, 4.69) is 21.6 Å². The van der Waals surface area contributed by atoms with Crippen LogP contribution < -0.4 is 0 Å². The fourth-order valence-electron chi connectivity index (χ4n) is 2.26. The molecule has 0 saturated carbocycles. The lowest BCUT2D eigenvalue weighted by molar-refractivity contribution is 0.298. The van der Waals surface area contributed by atoms with E-state index >= 15 is 0 Å². The summed E-state index contributed by atoms with van der Waals surface area (Å²) < 4.78 is 7.23. The van der Waals surface area contributed by atoms with E-state index in [4.69, 9.17) is 16.3 Å². The van der Waals surface area contributed by atoms with Crippen LogP contribution in [0.15, 0.2) is 43.1 Å². The Morgan fingerprint density at radius 3 is 2.77 bits per heavy atom. The maximum absolute atomic E-state index is 6.04. The zero-order chi connectivity index (χ0) is 15.5. The van der Waals surface area contributed by atoms with E-state index in [1.54, 1.807) is 10.9 Å². The van der Waals surface area contributed by atoms with Gasteiger partial charge in [0.15, 0.2) is 5.65 Å². The molecule has 0 fully saturated rings. The molecule has 112 valence electrons. The molecular weight excluding hydrogens is 300 g/mol. The lowest BCUT2D eigenvalue weighted by atomic mass is 10.2. The van der Waals surface area contributed by atoms with Crippen molar-refractivity contribution in [3.63, 3.8) is 0 Å². The van der Waals surface area contributed by atoms with Gasteiger partial charge in [0.1, 0.15) is 11.5 Å². The van der Waals surface area contributed by atoms with Gasteiger partial charge in [0, 0.05) is 0 Å². The van der Waals surface area contributed by atoms with E-state index in [1.165, 1.54) is 0 Å². The van der Waals surface area contributed by atoms with Crippen LogP contribution in [0.2, 0.25) is 5.28 Å². The van der Waals surface area contributed by atoms with E-state index in [0.717, 1.165) is 10.9 Å². The Labute approximate surface area is 133 Å². The number of fused-ring (bicyclic) bond motifs is 1. The van der Waals surface area contributed by atoms with Gasteiger partial charge in [-0.2, -0.15) is 10.1 Å². The number of rotatable bonds is 5. The molecule has 0 radical (unpaired) electrons. The van der Waals surface area contributed by atoms with E-state index in [-0.39, 0.29) is 5.28 Å². The zero-order valence-corrected chi connectivity index (χ0v) is 12.9. The van der Waals surface area contributed by atoms with Crippen molar-refractivity contribution in [1.29, 1.82) is 0 Å². The molecule has 5 nitrogen and oxygen atoms in total. The number of benzene rings is 1. The first-order valence-electron chi connectivity index (χ1n) is 6.94. The van der Waals surface area contributed by atoms with Gasteiger partial charge in [-0.05, 0) is 24.1 Å². The monoisotopic (exact) mass is 314 g/mol. The fraction of sp³-hybridized carbons (Fsp3) is 0.188. The van der Waals surface area contributed by atoms with E-state index in [9.17, 15) is 0 Å². The molecule has 6 heteroatoms. The van der Waals surface area contributed by atoms with Gasteiger partial charge in [-0.15, -0.1) is 0 Å². The first kappa shape index (κ1) is 14.5. The molecule has 0 bridgehead atoms. The molecule has 0 amide bonds. The Kier molecular flexibility index (Phi) is 4.06. The quantitative estimate of drug-likeness (QED) is 0.534. The Morgan fingerprint density at radius 1 is 1.27 bits per heavy atom. The van der Waals surface area contributed by atoms with Gasteiger partial charge in [0.25, 0.3) is 0 Å². The van der Waals surface area contributed by atoms with Crippen molar-refractivity contribution in [1.82, 2.24) is 19.7 Å². The minimum atomic E-state index is 0.151. The van der Waals surface area contributed by atoms with Gasteiger partial charge in [0.05, 0.1) is 24.7 Å². The minimum absolute atomic E-state index is 0.151. The van der Waals surface area contributed by atoms with Crippen molar-refractivity contribution in [2.75, 3.05) is 6.61 Å². The predicted octanol–water partition coefficient (Wildman–Crippen LogP) is 3.54. The number of ether oxygens (including phenoxy) is 1. The molecule has 2 aromatic heterocycles. The summed E-state index contributed by atoms with van der Waals surface area (Å²) >= 11 is 6.04. The number of nitrogens with zero attached hydrogens (tertiary/aromatic N) is 4. The van der Waals surface area contributed by atoms with E-state index < -0.39 is 0 Å². The van der Waals surface area contributed by atoms with Crippen molar-refractivity contribution < 1.29 is 4.74 Å². The van der Waals surface area contributed by atoms with Crippen LogP contribution in [0.3, 0.4) is 0 Å². The van der Waals surface area contributed by atoms with E-state index in [0.29, 0.717) is 30.3 Å². The largest absolute Gasteiger partial charge is 0.492 e. The molecule has 0 aliphatic heterocycles. The number of halogens is 1. The standard InChI is InChI=1S/C16H15ClN4O/c1-3-22-11(2)14-13-9-18-21(15(13)20-16(17)19-14)10-12-7-5-4-6-8-12/h4-9H,2-3,10H2,1H3. The average molecular weight is 315 g/mol. The second-order valence-electron chi connectivity index (χ2n) is 4.72. The molecule has 1 aromatic carbocycles. The van der Waals surface area contributed by atoms with Crippen molar-refractivity contribution >= 4 is 28.4 Å². The molecule has 0 atom stereocenters. The summed E-state index contributed by atoms with van der Waals surface area (Å²) in [5, 5.41) is 5.32. The first-order chi connectivity index (χ1) is 10.7. The van der Waals surface area contributed by atoms with Crippen LogP contribution in [0.1, 0.15) is 18.2 Å². The lowest BCUT2D eigenvalue weighted by Crippen LogP contribution is -2.04. The highest BCUT2D eigenvalue weighted by Gasteiger charge is 2.15. The summed E-state index contributed by atoms with van der Waals surface area (Å²) in [6, 6.07) is 10.0. The molecule has 0 unspecified atom stereocenters. The summed E-state index contributed by atoms with van der Waals surface area (Å²) in [5.74, 6) is 0.469. The molecular formula is C16H15ClN4O. The van der Waals surface area contributed by atoms with Gasteiger partial charge < -0.3 is 4.74 Å². The highest BCUT2D eigenvalue weighted by atomic mass is 35.5. The molecule has 0 N–H and O–H groups in total. The molecule has 3 aromatic rings. The van der Waals surface area contributed by atoms with Crippen LogP contribution >= 0.6 is 11.6 Å². The molecule has 2 heterocycles. The first-order valence-corrected chi connectivity index (χ1v) is 7.32. The predicted molar refractivity (Wildman–Crippen MR) is 86.5 cm³/mol. The van der Waals surface area contributed by atoms with Crippen LogP contribution in [0.5, 0.6) is 0 Å². The average Bonchev–Trinajstić information content (AvgIpc) is 2.90. The molecule has 22 heavy (non-hydrogen) atoms. The van der Waals surface area contributed by atoms with Crippen LogP contribution in [0.4, 0.5) is 0 Å². The normalized spacial score (nSPS) is 10.8. The Balaban J connectivity index is 2.05. The van der Waals surface area contributed by atoms with Gasteiger partial charge in [-0.1, -0.05) is 36.9 Å². The Bertz CT molecular complexity index is 814. The van der Waals surface area contributed by atoms with Gasteiger partial charge in [-0.3, -0.25) is 0 Å². The third-order valence-corrected chi connectivity index (χ3v) is 3.40. The number of aromatic nitrogens is 4. The maximum atomic E-state index is 6.04. The summed E-state index contributed by atoms with van der Waals surface area (Å²) in [7, 11) is 0. The summed E-state index contributed by atoms with van der Waals surface area (Å²) in [5.41, 5.74) is 2.38. The SMILES string of the molecule is C=C(OCC)c1nc(Cl)nc2c1cnn2Cc1ccccc1. The highest BCUT2D eigenvalue weighted by molar-refractivity contribution is 6.28. The second kappa shape index (κ2) is 6.15. The smallest absolute Gasteiger partial charge is 0.225 e. The Morgan fingerprint density at radius 2 is 2.05 bits per heavy atom. The molecule has 0 aliphatic rings. The highest BCUT2D eigenvalue weighted by Crippen LogP contribution is 2.24. The van der Waals surface area contributed by atoms with Gasteiger partial charge in [0.2, 0.25) is 5.28 Å². The van der Waals surface area contributed by atoms with Crippen molar-refractivity contribution in [2.45, 2.75) is 13.5 Å². The van der Waals surface area contributed by atoms with Crippen LogP contribution in [0, 0.1) is 0 Å². The van der Waals surface area contributed by atoms with Crippen LogP contribution in [-0.2, 0) is 11.3 Å². The summed E-state index contributed by atoms with van der Waals surface area (Å²) in [6.07, 6.45) is 1.72. The minimum Gasteiger partial charge on any atom is -0.492 e. The molecule has 0 aliphatic carbocycles. The Hall–Kier alpha value is -2.40. The number of hydrogen-bond acceptors (Lipinski definition) is 4. The van der Waals surface area contributed by atoms with Crippen molar-refractivity contribution in [2.24, 2.45) is 0 Å². The third-order valence-electron chi connectivity index (χ3n) is 3.23. The molecule has 0 spiro atoms. The van der Waals surface area contributed by atoms with Gasteiger partial charge >= 0.3 is 0 Å². The fourth-order valence-corrected chi connectivity index (χ4v) is 2.42. The zero-order valence-electron chi connectivity index (χ0n) is 12.2. The van der Waals surface area contributed by atoms with Crippen LogP contribution in [0.25, 0.3) is 16.8 Å². The maximum Gasteiger partial charge on any atom is 0.225 e. The number of hydrogen-bond donors (Lipinski definition) is 0. The second-order valence-corrected chi connectivity index (χ2v) is 5.06. The molecule has 0 saturated heterocycles. The third kappa shape index (κ3) is 2.80. The lowest BCUT2D eigenvalue weighted by Gasteiger charge is -2.08. The summed E-state index contributed by atoms with van der Waals surface area (Å²) in [4.78, 5) is 8.51. The molecule has 3 rings (SSSR count). The van der Waals surface area contributed by atoms with Gasteiger partial charge in [-0.25, -0.2) is 9.67 Å². The van der Waals surface area contributed by atoms with Crippen molar-refractivity contribution in [3.8, 4) is 0 Å². The summed E-state index contributed by atoms with van der Waals surface area (Å²) in [6.45, 7) is 6.91. The topological polar surface area (TPSA) is 52.8 Å².